The molecule has 2 aromatic carbocycles. The second kappa shape index (κ2) is 5.77. The van der Waals surface area contributed by atoms with Gasteiger partial charge in [-0.15, -0.1) is 0 Å². The Morgan fingerprint density at radius 3 is 2.35 bits per heavy atom. The SMILES string of the molecule is CC1=CC(C)(C)C(Cc2ccc([N+](C)=O)cc2)c2ccccc21. The average Bonchev–Trinajstić information content (AvgIpc) is 2.51. The monoisotopic (exact) mass is 306 g/mol. The Balaban J connectivity index is 1.96. The number of allylic oxidation sites excluding steroid dienone is 2. The maximum absolute atomic E-state index is 11.4. The lowest BCUT2D eigenvalue weighted by Gasteiger charge is -2.38. The molecule has 0 aliphatic heterocycles. The van der Waals surface area contributed by atoms with E-state index in [-0.39, 0.29) is 5.41 Å². The summed E-state index contributed by atoms with van der Waals surface area (Å²) in [6.07, 6.45) is 3.39. The highest BCUT2D eigenvalue weighted by Gasteiger charge is 2.34. The standard InChI is InChI=1S/C21H24NO/c1-15-14-21(2,3)20(19-8-6-5-7-18(15)19)13-16-9-11-17(12-10-16)22(4)23/h5-12,14,20H,13H2,1-4H3/q+1. The summed E-state index contributed by atoms with van der Waals surface area (Å²) in [7, 11) is 1.53. The number of rotatable bonds is 3. The molecule has 0 heterocycles. The zero-order valence-electron chi connectivity index (χ0n) is 14.3. The number of nitrogens with zero attached hydrogens (tertiary/aromatic N) is 1. The lowest BCUT2D eigenvalue weighted by atomic mass is 9.66. The maximum atomic E-state index is 11.4. The van der Waals surface area contributed by atoms with Crippen LogP contribution in [-0.4, -0.2) is 11.8 Å². The van der Waals surface area contributed by atoms with E-state index in [2.05, 4.69) is 63.2 Å². The van der Waals surface area contributed by atoms with Crippen molar-refractivity contribution in [3.63, 3.8) is 0 Å². The van der Waals surface area contributed by atoms with Gasteiger partial charge in [-0.3, -0.25) is 0 Å². The maximum Gasteiger partial charge on any atom is 0.255 e. The molecule has 2 nitrogen and oxygen atoms in total. The molecule has 0 radical (unpaired) electrons. The van der Waals surface area contributed by atoms with Gasteiger partial charge in [0.25, 0.3) is 5.69 Å². The van der Waals surface area contributed by atoms with E-state index in [1.54, 1.807) is 0 Å². The minimum absolute atomic E-state index is 0.117. The Morgan fingerprint density at radius 2 is 1.70 bits per heavy atom. The smallest absolute Gasteiger partial charge is 0.0747 e. The molecule has 3 rings (SSSR count). The molecule has 0 saturated carbocycles. The van der Waals surface area contributed by atoms with E-state index in [0.29, 0.717) is 11.6 Å². The zero-order valence-corrected chi connectivity index (χ0v) is 14.3. The van der Waals surface area contributed by atoms with Gasteiger partial charge in [-0.1, -0.05) is 56.3 Å². The predicted octanol–water partition coefficient (Wildman–Crippen LogP) is 5.50. The lowest BCUT2D eigenvalue weighted by molar-refractivity contribution is -0.428. The van der Waals surface area contributed by atoms with Crippen LogP contribution in [0.2, 0.25) is 0 Å². The molecule has 1 unspecified atom stereocenters. The second-order valence-electron chi connectivity index (χ2n) is 7.16. The van der Waals surface area contributed by atoms with Crippen molar-refractivity contribution in [3.8, 4) is 0 Å². The molecule has 2 heteroatoms. The van der Waals surface area contributed by atoms with Crippen molar-refractivity contribution >= 4 is 11.3 Å². The van der Waals surface area contributed by atoms with Crippen LogP contribution in [0.4, 0.5) is 5.69 Å². The van der Waals surface area contributed by atoms with Gasteiger partial charge in [-0.25, -0.2) is 0 Å². The summed E-state index contributed by atoms with van der Waals surface area (Å²) in [5.74, 6) is 0.443. The van der Waals surface area contributed by atoms with Gasteiger partial charge in [0.15, 0.2) is 7.05 Å². The van der Waals surface area contributed by atoms with Crippen LogP contribution >= 0.6 is 0 Å². The molecule has 1 atom stereocenters. The van der Waals surface area contributed by atoms with Crippen molar-refractivity contribution in [2.45, 2.75) is 33.1 Å². The van der Waals surface area contributed by atoms with Gasteiger partial charge in [-0.05, 0) is 46.9 Å². The molecule has 2 aromatic rings. The Morgan fingerprint density at radius 1 is 1.04 bits per heavy atom. The van der Waals surface area contributed by atoms with Gasteiger partial charge >= 0.3 is 0 Å². The van der Waals surface area contributed by atoms with Gasteiger partial charge < -0.3 is 0 Å². The van der Waals surface area contributed by atoms with E-state index in [1.165, 1.54) is 29.3 Å². The topological polar surface area (TPSA) is 20.1 Å². The Kier molecular flexibility index (Phi) is 3.93. The van der Waals surface area contributed by atoms with Crippen molar-refractivity contribution in [1.82, 2.24) is 0 Å². The fourth-order valence-electron chi connectivity index (χ4n) is 3.75. The van der Waals surface area contributed by atoms with Crippen LogP contribution in [0.15, 0.2) is 54.6 Å². The van der Waals surface area contributed by atoms with Crippen molar-refractivity contribution in [2.75, 3.05) is 7.05 Å². The zero-order chi connectivity index (χ0) is 16.6. The molecule has 23 heavy (non-hydrogen) atoms. The molecule has 0 N–H and O–H groups in total. The number of fused-ring (bicyclic) bond motifs is 1. The van der Waals surface area contributed by atoms with Crippen LogP contribution in [0, 0.1) is 10.3 Å². The summed E-state index contributed by atoms with van der Waals surface area (Å²) in [4.78, 5) is 11.4. The summed E-state index contributed by atoms with van der Waals surface area (Å²) in [6, 6.07) is 16.7. The molecule has 0 fully saturated rings. The third-order valence-corrected chi connectivity index (χ3v) is 4.99. The molecule has 0 amide bonds. The van der Waals surface area contributed by atoms with Crippen LogP contribution in [-0.2, 0) is 6.42 Å². The Labute approximate surface area is 138 Å². The quantitative estimate of drug-likeness (QED) is 0.686. The highest BCUT2D eigenvalue weighted by atomic mass is 16.3. The van der Waals surface area contributed by atoms with E-state index in [0.717, 1.165) is 11.2 Å². The minimum Gasteiger partial charge on any atom is -0.0747 e. The summed E-state index contributed by atoms with van der Waals surface area (Å²) in [6.45, 7) is 6.84. The van der Waals surface area contributed by atoms with Crippen LogP contribution in [0.25, 0.3) is 5.57 Å². The van der Waals surface area contributed by atoms with E-state index in [1.807, 2.05) is 12.1 Å². The van der Waals surface area contributed by atoms with Crippen molar-refractivity contribution in [2.24, 2.45) is 5.41 Å². The number of hydrogen-bond donors (Lipinski definition) is 0. The Hall–Kier alpha value is -2.22. The molecular formula is C21H24NO+. The van der Waals surface area contributed by atoms with E-state index >= 15 is 0 Å². The first-order valence-corrected chi connectivity index (χ1v) is 8.17. The molecule has 118 valence electrons. The third-order valence-electron chi connectivity index (χ3n) is 4.99. The molecule has 0 spiro atoms. The molecular weight excluding hydrogens is 282 g/mol. The van der Waals surface area contributed by atoms with Crippen molar-refractivity contribution < 1.29 is 4.76 Å². The summed E-state index contributed by atoms with van der Waals surface area (Å²) in [5, 5.41) is 0. The fraction of sp³-hybridized carbons (Fsp3) is 0.333. The van der Waals surface area contributed by atoms with Gasteiger partial charge in [0.2, 0.25) is 0 Å². The highest BCUT2D eigenvalue weighted by molar-refractivity contribution is 5.70. The first kappa shape index (κ1) is 15.7. The normalized spacial score (nSPS) is 19.0. The first-order valence-electron chi connectivity index (χ1n) is 8.17. The molecule has 1 aliphatic rings. The summed E-state index contributed by atoms with van der Waals surface area (Å²) in [5.41, 5.74) is 6.26. The molecule has 1 aliphatic carbocycles. The van der Waals surface area contributed by atoms with Crippen LogP contribution in [0.3, 0.4) is 0 Å². The van der Waals surface area contributed by atoms with Crippen LogP contribution in [0.1, 0.15) is 43.4 Å². The lowest BCUT2D eigenvalue weighted by Crippen LogP contribution is -2.26. The van der Waals surface area contributed by atoms with Gasteiger partial charge in [0.1, 0.15) is 0 Å². The van der Waals surface area contributed by atoms with Gasteiger partial charge in [0, 0.05) is 21.8 Å². The minimum atomic E-state index is 0.117. The number of nitroso groups, excluding NO2 is 1. The number of benzene rings is 2. The van der Waals surface area contributed by atoms with E-state index in [9.17, 15) is 4.91 Å². The van der Waals surface area contributed by atoms with Crippen molar-refractivity contribution in [3.05, 3.63) is 76.2 Å². The second-order valence-corrected chi connectivity index (χ2v) is 7.16. The largest absolute Gasteiger partial charge is 0.255 e. The van der Waals surface area contributed by atoms with Gasteiger partial charge in [-0.2, -0.15) is 0 Å². The molecule has 0 bridgehead atoms. The average molecular weight is 306 g/mol. The summed E-state index contributed by atoms with van der Waals surface area (Å²) < 4.78 is 0.899. The van der Waals surface area contributed by atoms with E-state index in [4.69, 9.17) is 0 Å². The molecule has 0 saturated heterocycles. The Bertz CT molecular complexity index is 769. The highest BCUT2D eigenvalue weighted by Crippen LogP contribution is 2.47. The van der Waals surface area contributed by atoms with Crippen LogP contribution in [0.5, 0.6) is 0 Å². The third kappa shape index (κ3) is 2.98. The number of hydrogen-bond acceptors (Lipinski definition) is 1. The summed E-state index contributed by atoms with van der Waals surface area (Å²) >= 11 is 0. The first-order chi connectivity index (χ1) is 10.9. The van der Waals surface area contributed by atoms with E-state index < -0.39 is 0 Å². The van der Waals surface area contributed by atoms with Crippen molar-refractivity contribution in [1.29, 1.82) is 0 Å². The molecule has 0 aromatic heterocycles. The predicted molar refractivity (Wildman–Crippen MR) is 96.0 cm³/mol. The fourth-order valence-corrected chi connectivity index (χ4v) is 3.75. The van der Waals surface area contributed by atoms with Gasteiger partial charge in [0.05, 0.1) is 0 Å². The van der Waals surface area contributed by atoms with Crippen LogP contribution < -0.4 is 0 Å².